The van der Waals surface area contributed by atoms with Crippen molar-refractivity contribution in [1.82, 2.24) is 15.1 Å². The molecule has 1 saturated heterocycles. The molecule has 0 radical (unpaired) electrons. The maximum Gasteiger partial charge on any atom is 0.336 e. The van der Waals surface area contributed by atoms with Gasteiger partial charge in [-0.25, -0.2) is 9.18 Å². The van der Waals surface area contributed by atoms with Gasteiger partial charge in [0.1, 0.15) is 11.6 Å². The Bertz CT molecular complexity index is 797. The Kier molecular flexibility index (Phi) is 4.94. The van der Waals surface area contributed by atoms with Crippen LogP contribution in [0.3, 0.4) is 0 Å². The molecular formula is C18H21FN4O2. The Labute approximate surface area is 145 Å². The summed E-state index contributed by atoms with van der Waals surface area (Å²) in [6.07, 6.45) is 2.21. The lowest BCUT2D eigenvalue weighted by Crippen LogP contribution is -2.39. The third kappa shape index (κ3) is 3.93. The number of rotatable bonds is 4. The molecule has 1 fully saturated rings. The minimum absolute atomic E-state index is 0.119. The molecule has 1 aromatic carbocycles. The molecule has 0 aliphatic carbocycles. The molecule has 132 valence electrons. The smallest absolute Gasteiger partial charge is 0.336 e. The molecule has 1 aliphatic heterocycles. The largest absolute Gasteiger partial charge is 0.478 e. The van der Waals surface area contributed by atoms with E-state index in [1.165, 1.54) is 12.1 Å². The minimum Gasteiger partial charge on any atom is -0.478 e. The predicted octanol–water partition coefficient (Wildman–Crippen LogP) is 2.80. The van der Waals surface area contributed by atoms with Crippen molar-refractivity contribution in [2.24, 2.45) is 0 Å². The quantitative estimate of drug-likeness (QED) is 0.888. The molecular weight excluding hydrogens is 323 g/mol. The second-order valence-electron chi connectivity index (χ2n) is 6.50. The van der Waals surface area contributed by atoms with Gasteiger partial charge in [-0.3, -0.25) is 0 Å². The van der Waals surface area contributed by atoms with Crippen LogP contribution in [-0.2, 0) is 0 Å². The third-order valence-corrected chi connectivity index (χ3v) is 4.43. The number of likely N-dealkylation sites (N-methyl/N-ethyl adjacent to an activating group) is 1. The molecule has 1 aromatic heterocycles. The topological polar surface area (TPSA) is 78.3 Å². The summed E-state index contributed by atoms with van der Waals surface area (Å²) in [6, 6.07) is 5.83. The lowest BCUT2D eigenvalue weighted by molar-refractivity contribution is 0.0697. The fraction of sp³-hybridized carbons (Fsp3) is 0.389. The van der Waals surface area contributed by atoms with E-state index in [1.54, 1.807) is 0 Å². The summed E-state index contributed by atoms with van der Waals surface area (Å²) >= 11 is 0. The zero-order chi connectivity index (χ0) is 18.0. The maximum atomic E-state index is 13.4. The highest BCUT2D eigenvalue weighted by Crippen LogP contribution is 2.27. The van der Waals surface area contributed by atoms with Crippen molar-refractivity contribution in [3.05, 3.63) is 41.2 Å². The van der Waals surface area contributed by atoms with Crippen molar-refractivity contribution in [3.63, 3.8) is 0 Å². The van der Waals surface area contributed by atoms with E-state index in [4.69, 9.17) is 0 Å². The summed E-state index contributed by atoms with van der Waals surface area (Å²) in [5.41, 5.74) is 1.48. The van der Waals surface area contributed by atoms with Gasteiger partial charge in [0, 0.05) is 18.2 Å². The number of carboxylic acids is 1. The first kappa shape index (κ1) is 17.3. The van der Waals surface area contributed by atoms with Crippen LogP contribution in [0.25, 0.3) is 11.3 Å². The summed E-state index contributed by atoms with van der Waals surface area (Å²) < 4.78 is 13.4. The summed E-state index contributed by atoms with van der Waals surface area (Å²) in [5, 5.41) is 21.1. The number of nitrogens with zero attached hydrogens (tertiary/aromatic N) is 3. The van der Waals surface area contributed by atoms with Crippen LogP contribution in [0.1, 0.15) is 28.8 Å². The van der Waals surface area contributed by atoms with Crippen LogP contribution in [0.4, 0.5) is 10.2 Å². The zero-order valence-electron chi connectivity index (χ0n) is 14.3. The molecule has 0 saturated carbocycles. The Hall–Kier alpha value is -2.54. The van der Waals surface area contributed by atoms with Crippen molar-refractivity contribution in [2.45, 2.75) is 25.8 Å². The maximum absolute atomic E-state index is 13.4. The van der Waals surface area contributed by atoms with Gasteiger partial charge in [-0.05, 0) is 63.2 Å². The molecule has 0 unspecified atom stereocenters. The Morgan fingerprint density at radius 3 is 2.84 bits per heavy atom. The standard InChI is InChI=1S/C18H21FN4O2/c1-11-8-16(20-13-4-3-7-23(2)10-13)21-22-17(11)14-6-5-12(19)9-15(14)18(24)25/h5-6,8-9,13H,3-4,7,10H2,1-2H3,(H,20,21)(H,24,25)/t13-/m1/s1. The molecule has 0 amide bonds. The number of aromatic carboxylic acids is 1. The minimum atomic E-state index is -1.19. The number of carboxylic acid groups (broad SMARTS) is 1. The van der Waals surface area contributed by atoms with Crippen LogP contribution >= 0.6 is 0 Å². The van der Waals surface area contributed by atoms with Crippen LogP contribution < -0.4 is 5.32 Å². The van der Waals surface area contributed by atoms with Crippen LogP contribution in [0, 0.1) is 12.7 Å². The number of aryl methyl sites for hydroxylation is 1. The molecule has 3 rings (SSSR count). The first-order valence-electron chi connectivity index (χ1n) is 8.26. The van der Waals surface area contributed by atoms with E-state index in [2.05, 4.69) is 27.5 Å². The number of hydrogen-bond donors (Lipinski definition) is 2. The molecule has 6 nitrogen and oxygen atoms in total. The summed E-state index contributed by atoms with van der Waals surface area (Å²) in [6.45, 7) is 3.89. The number of halogens is 1. The van der Waals surface area contributed by atoms with Gasteiger partial charge in [0.05, 0.1) is 11.3 Å². The van der Waals surface area contributed by atoms with Crippen LogP contribution in [-0.4, -0.2) is 52.4 Å². The number of hydrogen-bond acceptors (Lipinski definition) is 5. The van der Waals surface area contributed by atoms with E-state index < -0.39 is 11.8 Å². The fourth-order valence-corrected chi connectivity index (χ4v) is 3.22. The van der Waals surface area contributed by atoms with Crippen LogP contribution in [0.5, 0.6) is 0 Å². The number of likely N-dealkylation sites (tertiary alicyclic amines) is 1. The molecule has 2 N–H and O–H groups in total. The number of anilines is 1. The second-order valence-corrected chi connectivity index (χ2v) is 6.50. The van der Waals surface area contributed by atoms with Gasteiger partial charge in [-0.15, -0.1) is 10.2 Å². The second kappa shape index (κ2) is 7.14. The highest BCUT2D eigenvalue weighted by Gasteiger charge is 2.19. The average molecular weight is 344 g/mol. The van der Waals surface area contributed by atoms with Crippen LogP contribution in [0.15, 0.2) is 24.3 Å². The van der Waals surface area contributed by atoms with Crippen molar-refractivity contribution in [3.8, 4) is 11.3 Å². The van der Waals surface area contributed by atoms with Gasteiger partial charge in [0.15, 0.2) is 0 Å². The zero-order valence-corrected chi connectivity index (χ0v) is 14.3. The van der Waals surface area contributed by atoms with Crippen molar-refractivity contribution < 1.29 is 14.3 Å². The first-order chi connectivity index (χ1) is 11.9. The summed E-state index contributed by atoms with van der Waals surface area (Å²) in [4.78, 5) is 13.7. The Balaban J connectivity index is 1.86. The lowest BCUT2D eigenvalue weighted by atomic mass is 10.0. The average Bonchev–Trinajstić information content (AvgIpc) is 2.55. The summed E-state index contributed by atoms with van der Waals surface area (Å²) in [7, 11) is 2.09. The normalized spacial score (nSPS) is 18.1. The summed E-state index contributed by atoms with van der Waals surface area (Å²) in [5.74, 6) is -1.12. The first-order valence-corrected chi connectivity index (χ1v) is 8.26. The number of benzene rings is 1. The molecule has 1 aliphatic rings. The molecule has 2 heterocycles. The van der Waals surface area contributed by atoms with E-state index in [1.807, 2.05) is 13.0 Å². The van der Waals surface area contributed by atoms with E-state index in [0.717, 1.165) is 37.6 Å². The monoisotopic (exact) mass is 344 g/mol. The van der Waals surface area contributed by atoms with Gasteiger partial charge < -0.3 is 15.3 Å². The molecule has 2 aromatic rings. The number of nitrogens with one attached hydrogen (secondary N) is 1. The highest BCUT2D eigenvalue weighted by molar-refractivity contribution is 5.95. The van der Waals surface area contributed by atoms with Crippen molar-refractivity contribution in [2.75, 3.05) is 25.5 Å². The van der Waals surface area contributed by atoms with Gasteiger partial charge in [0.25, 0.3) is 0 Å². The molecule has 7 heteroatoms. The van der Waals surface area contributed by atoms with E-state index in [-0.39, 0.29) is 5.56 Å². The predicted molar refractivity (Wildman–Crippen MR) is 93.3 cm³/mol. The molecule has 0 bridgehead atoms. The van der Waals surface area contributed by atoms with Gasteiger partial charge in [-0.2, -0.15) is 0 Å². The fourth-order valence-electron chi connectivity index (χ4n) is 3.22. The van der Waals surface area contributed by atoms with E-state index >= 15 is 0 Å². The van der Waals surface area contributed by atoms with E-state index in [0.29, 0.717) is 23.1 Å². The number of carbonyl (C=O) groups is 1. The molecule has 0 spiro atoms. The molecule has 1 atom stereocenters. The van der Waals surface area contributed by atoms with Gasteiger partial charge >= 0.3 is 5.97 Å². The van der Waals surface area contributed by atoms with E-state index in [9.17, 15) is 14.3 Å². The molecule has 25 heavy (non-hydrogen) atoms. The third-order valence-electron chi connectivity index (χ3n) is 4.43. The van der Waals surface area contributed by atoms with Crippen molar-refractivity contribution >= 4 is 11.8 Å². The van der Waals surface area contributed by atoms with Crippen molar-refractivity contribution in [1.29, 1.82) is 0 Å². The Morgan fingerprint density at radius 2 is 2.16 bits per heavy atom. The lowest BCUT2D eigenvalue weighted by Gasteiger charge is -2.30. The van der Waals surface area contributed by atoms with Gasteiger partial charge in [0.2, 0.25) is 0 Å². The Morgan fingerprint density at radius 1 is 1.36 bits per heavy atom. The van der Waals surface area contributed by atoms with Crippen LogP contribution in [0.2, 0.25) is 0 Å². The highest BCUT2D eigenvalue weighted by atomic mass is 19.1. The van der Waals surface area contributed by atoms with Gasteiger partial charge in [-0.1, -0.05) is 0 Å². The number of aromatic nitrogens is 2. The SMILES string of the molecule is Cc1cc(N[C@@H]2CCCN(C)C2)nnc1-c1ccc(F)cc1C(=O)O. The number of piperidine rings is 1.